The summed E-state index contributed by atoms with van der Waals surface area (Å²) < 4.78 is 20.0. The molecule has 0 unspecified atom stereocenters. The fourth-order valence-corrected chi connectivity index (χ4v) is 2.32. The molecule has 0 amide bonds. The molecule has 2 aromatic carbocycles. The van der Waals surface area contributed by atoms with Crippen molar-refractivity contribution in [2.45, 2.75) is 6.92 Å². The molecular formula is C14H9Br2FO2. The van der Waals surface area contributed by atoms with E-state index in [0.29, 0.717) is 21.5 Å². The largest absolute Gasteiger partial charge is 0.455 e. The number of ether oxygens (including phenoxy) is 1. The molecule has 0 fully saturated rings. The summed E-state index contributed by atoms with van der Waals surface area (Å²) in [6.07, 6.45) is 0. The van der Waals surface area contributed by atoms with Crippen LogP contribution >= 0.6 is 31.9 Å². The quantitative estimate of drug-likeness (QED) is 0.664. The average molecular weight is 388 g/mol. The summed E-state index contributed by atoms with van der Waals surface area (Å²) in [7, 11) is 0. The van der Waals surface area contributed by atoms with Crippen molar-refractivity contribution in [1.29, 1.82) is 0 Å². The Bertz CT molecular complexity index is 641. The van der Waals surface area contributed by atoms with Crippen molar-refractivity contribution < 1.29 is 13.9 Å². The van der Waals surface area contributed by atoms with E-state index in [1.165, 1.54) is 25.1 Å². The Balaban J connectivity index is 2.42. The topological polar surface area (TPSA) is 26.3 Å². The molecule has 0 aliphatic carbocycles. The number of benzene rings is 2. The van der Waals surface area contributed by atoms with E-state index in [4.69, 9.17) is 4.74 Å². The van der Waals surface area contributed by atoms with E-state index < -0.39 is 0 Å². The molecule has 2 rings (SSSR count). The third-order valence-corrected chi connectivity index (χ3v) is 3.55. The maximum Gasteiger partial charge on any atom is 0.163 e. The van der Waals surface area contributed by atoms with Crippen molar-refractivity contribution >= 4 is 37.6 Å². The van der Waals surface area contributed by atoms with Crippen molar-refractivity contribution in [2.24, 2.45) is 0 Å². The predicted molar refractivity (Wildman–Crippen MR) is 78.3 cm³/mol. The van der Waals surface area contributed by atoms with Gasteiger partial charge in [-0.3, -0.25) is 4.79 Å². The number of halogens is 3. The van der Waals surface area contributed by atoms with Crippen molar-refractivity contribution in [1.82, 2.24) is 0 Å². The standard InChI is InChI=1S/C14H9Br2FO2/c1-8(18)11-4-2-9(15)6-14(11)19-13-5-3-10(17)7-12(13)16/h2-7H,1H3. The van der Waals surface area contributed by atoms with Gasteiger partial charge in [-0.15, -0.1) is 0 Å². The van der Waals surface area contributed by atoms with Crippen molar-refractivity contribution in [2.75, 3.05) is 0 Å². The fourth-order valence-electron chi connectivity index (χ4n) is 1.55. The van der Waals surface area contributed by atoms with Gasteiger partial charge < -0.3 is 4.74 Å². The zero-order valence-corrected chi connectivity index (χ0v) is 13.1. The molecule has 0 radical (unpaired) electrons. The second-order valence-corrected chi connectivity index (χ2v) is 5.64. The molecule has 0 N–H and O–H groups in total. The van der Waals surface area contributed by atoms with Crippen LogP contribution in [0.25, 0.3) is 0 Å². The molecule has 0 aromatic heterocycles. The van der Waals surface area contributed by atoms with Crippen LogP contribution in [0, 0.1) is 5.82 Å². The SMILES string of the molecule is CC(=O)c1ccc(Br)cc1Oc1ccc(F)cc1Br. The molecule has 19 heavy (non-hydrogen) atoms. The summed E-state index contributed by atoms with van der Waals surface area (Å²) in [6.45, 7) is 1.47. The zero-order valence-electron chi connectivity index (χ0n) is 9.91. The number of hydrogen-bond acceptors (Lipinski definition) is 2. The van der Waals surface area contributed by atoms with Gasteiger partial charge in [0.2, 0.25) is 0 Å². The van der Waals surface area contributed by atoms with Crippen LogP contribution in [-0.2, 0) is 0 Å². The fraction of sp³-hybridized carbons (Fsp3) is 0.0714. The lowest BCUT2D eigenvalue weighted by atomic mass is 10.1. The van der Waals surface area contributed by atoms with E-state index in [2.05, 4.69) is 31.9 Å². The van der Waals surface area contributed by atoms with Crippen LogP contribution in [0.4, 0.5) is 4.39 Å². The molecule has 5 heteroatoms. The molecule has 0 saturated carbocycles. The van der Waals surface area contributed by atoms with E-state index in [-0.39, 0.29) is 11.6 Å². The summed E-state index contributed by atoms with van der Waals surface area (Å²) in [6, 6.07) is 9.26. The first-order chi connectivity index (χ1) is 8.97. The van der Waals surface area contributed by atoms with Gasteiger partial charge >= 0.3 is 0 Å². The Morgan fingerprint density at radius 1 is 1.11 bits per heavy atom. The molecule has 0 saturated heterocycles. The molecule has 2 nitrogen and oxygen atoms in total. The highest BCUT2D eigenvalue weighted by atomic mass is 79.9. The van der Waals surface area contributed by atoms with Gasteiger partial charge in [0.1, 0.15) is 17.3 Å². The van der Waals surface area contributed by atoms with Gasteiger partial charge in [0.15, 0.2) is 5.78 Å². The smallest absolute Gasteiger partial charge is 0.163 e. The van der Waals surface area contributed by atoms with E-state index in [1.807, 2.05) is 0 Å². The zero-order chi connectivity index (χ0) is 14.0. The highest BCUT2D eigenvalue weighted by Crippen LogP contribution is 2.33. The van der Waals surface area contributed by atoms with Gasteiger partial charge in [0, 0.05) is 4.47 Å². The number of Topliss-reactive ketones (excluding diaryl/α,β-unsaturated/α-hetero) is 1. The van der Waals surface area contributed by atoms with Gasteiger partial charge in [-0.2, -0.15) is 0 Å². The minimum absolute atomic E-state index is 0.0965. The van der Waals surface area contributed by atoms with Crippen LogP contribution in [0.1, 0.15) is 17.3 Å². The lowest BCUT2D eigenvalue weighted by Crippen LogP contribution is -1.97. The van der Waals surface area contributed by atoms with Crippen LogP contribution in [0.2, 0.25) is 0 Å². The average Bonchev–Trinajstić information content (AvgIpc) is 2.32. The van der Waals surface area contributed by atoms with E-state index >= 15 is 0 Å². The Morgan fingerprint density at radius 2 is 1.84 bits per heavy atom. The normalized spacial score (nSPS) is 10.3. The third-order valence-electron chi connectivity index (χ3n) is 2.44. The molecule has 0 bridgehead atoms. The van der Waals surface area contributed by atoms with Gasteiger partial charge in [-0.05, 0) is 59.3 Å². The van der Waals surface area contributed by atoms with Crippen molar-refractivity contribution in [3.8, 4) is 11.5 Å². The summed E-state index contributed by atoms with van der Waals surface area (Å²) in [5.41, 5.74) is 0.472. The lowest BCUT2D eigenvalue weighted by Gasteiger charge is -2.11. The van der Waals surface area contributed by atoms with Gasteiger partial charge in [-0.1, -0.05) is 15.9 Å². The van der Waals surface area contributed by atoms with Crippen LogP contribution in [-0.4, -0.2) is 5.78 Å². The van der Waals surface area contributed by atoms with E-state index in [0.717, 1.165) is 4.47 Å². The second kappa shape index (κ2) is 5.84. The minimum Gasteiger partial charge on any atom is -0.455 e. The summed E-state index contributed by atoms with van der Waals surface area (Å²) in [5.74, 6) is 0.414. The van der Waals surface area contributed by atoms with Crippen molar-refractivity contribution in [3.05, 3.63) is 56.7 Å². The van der Waals surface area contributed by atoms with Crippen LogP contribution < -0.4 is 4.74 Å². The maximum absolute atomic E-state index is 13.0. The van der Waals surface area contributed by atoms with Crippen LogP contribution in [0.15, 0.2) is 45.3 Å². The molecule has 0 heterocycles. The van der Waals surface area contributed by atoms with Crippen LogP contribution in [0.3, 0.4) is 0 Å². The number of ketones is 1. The highest BCUT2D eigenvalue weighted by Gasteiger charge is 2.12. The number of rotatable bonds is 3. The number of carbonyl (C=O) groups is 1. The number of hydrogen-bond donors (Lipinski definition) is 0. The maximum atomic E-state index is 13.0. The molecule has 98 valence electrons. The van der Waals surface area contributed by atoms with Crippen LogP contribution in [0.5, 0.6) is 11.5 Å². The first kappa shape index (κ1) is 14.2. The summed E-state index contributed by atoms with van der Waals surface area (Å²) in [4.78, 5) is 11.5. The molecule has 0 atom stereocenters. The third kappa shape index (κ3) is 3.42. The Labute approximate surface area is 126 Å². The Kier molecular flexibility index (Phi) is 4.37. The minimum atomic E-state index is -0.361. The first-order valence-electron chi connectivity index (χ1n) is 5.41. The van der Waals surface area contributed by atoms with Gasteiger partial charge in [0.05, 0.1) is 10.0 Å². The molecular weight excluding hydrogens is 379 g/mol. The van der Waals surface area contributed by atoms with E-state index in [1.54, 1.807) is 18.2 Å². The summed E-state index contributed by atoms with van der Waals surface area (Å²) in [5, 5.41) is 0. The lowest BCUT2D eigenvalue weighted by molar-refractivity contribution is 0.101. The van der Waals surface area contributed by atoms with Crippen molar-refractivity contribution in [3.63, 3.8) is 0 Å². The second-order valence-electron chi connectivity index (χ2n) is 3.87. The monoisotopic (exact) mass is 386 g/mol. The van der Waals surface area contributed by atoms with Gasteiger partial charge in [0.25, 0.3) is 0 Å². The Morgan fingerprint density at radius 3 is 2.47 bits per heavy atom. The first-order valence-corrected chi connectivity index (χ1v) is 6.99. The van der Waals surface area contributed by atoms with E-state index in [9.17, 15) is 9.18 Å². The molecule has 0 aliphatic rings. The summed E-state index contributed by atoms with van der Waals surface area (Å²) >= 11 is 6.55. The molecule has 0 aliphatic heterocycles. The molecule has 2 aromatic rings. The molecule has 0 spiro atoms. The Hall–Kier alpha value is -1.20. The van der Waals surface area contributed by atoms with Gasteiger partial charge in [-0.25, -0.2) is 4.39 Å². The number of carbonyl (C=O) groups excluding carboxylic acids is 1. The highest BCUT2D eigenvalue weighted by molar-refractivity contribution is 9.10. The predicted octanol–water partition coefficient (Wildman–Crippen LogP) is 5.35.